The Hall–Kier alpha value is -2.23. The SMILES string of the molecule is CCOC(=O)c1cc(O)c2cccc(OC)c2c1. The molecule has 0 aliphatic heterocycles. The molecule has 0 aliphatic carbocycles. The number of benzene rings is 2. The first-order chi connectivity index (χ1) is 8.67. The number of carbonyl (C=O) groups is 1. The predicted octanol–water partition coefficient (Wildman–Crippen LogP) is 2.73. The summed E-state index contributed by atoms with van der Waals surface area (Å²) in [6, 6.07) is 8.38. The molecule has 0 spiro atoms. The van der Waals surface area contributed by atoms with Crippen LogP contribution in [-0.2, 0) is 4.74 Å². The minimum Gasteiger partial charge on any atom is -0.507 e. The highest BCUT2D eigenvalue weighted by Crippen LogP contribution is 2.33. The summed E-state index contributed by atoms with van der Waals surface area (Å²) in [6.07, 6.45) is 0. The fourth-order valence-corrected chi connectivity index (χ4v) is 1.85. The number of rotatable bonds is 3. The van der Waals surface area contributed by atoms with Crippen molar-refractivity contribution >= 4 is 16.7 Å². The molecule has 0 aromatic heterocycles. The Bertz CT molecular complexity index is 590. The van der Waals surface area contributed by atoms with E-state index >= 15 is 0 Å². The van der Waals surface area contributed by atoms with E-state index in [1.54, 1.807) is 38.3 Å². The number of methoxy groups -OCH3 is 1. The molecule has 2 aromatic rings. The number of fused-ring (bicyclic) bond motifs is 1. The van der Waals surface area contributed by atoms with Gasteiger partial charge in [0.05, 0.1) is 19.3 Å². The Kier molecular flexibility index (Phi) is 3.37. The molecule has 18 heavy (non-hydrogen) atoms. The molecule has 94 valence electrons. The van der Waals surface area contributed by atoms with Crippen molar-refractivity contribution in [3.63, 3.8) is 0 Å². The van der Waals surface area contributed by atoms with Gasteiger partial charge in [0.25, 0.3) is 0 Å². The molecule has 2 rings (SSSR count). The van der Waals surface area contributed by atoms with Crippen LogP contribution in [0.1, 0.15) is 17.3 Å². The van der Waals surface area contributed by atoms with Crippen molar-refractivity contribution < 1.29 is 19.4 Å². The van der Waals surface area contributed by atoms with Crippen LogP contribution in [0.15, 0.2) is 30.3 Å². The van der Waals surface area contributed by atoms with Crippen LogP contribution in [0, 0.1) is 0 Å². The van der Waals surface area contributed by atoms with Gasteiger partial charge < -0.3 is 14.6 Å². The van der Waals surface area contributed by atoms with Gasteiger partial charge in [-0.25, -0.2) is 4.79 Å². The number of aromatic hydroxyl groups is 1. The molecule has 0 atom stereocenters. The maximum Gasteiger partial charge on any atom is 0.338 e. The number of hydrogen-bond donors (Lipinski definition) is 1. The molecule has 0 unspecified atom stereocenters. The molecule has 0 saturated carbocycles. The second kappa shape index (κ2) is 4.96. The maximum atomic E-state index is 11.7. The van der Waals surface area contributed by atoms with Gasteiger partial charge in [0, 0.05) is 10.8 Å². The molecule has 0 radical (unpaired) electrons. The van der Waals surface area contributed by atoms with Gasteiger partial charge in [-0.15, -0.1) is 0 Å². The largest absolute Gasteiger partial charge is 0.507 e. The summed E-state index contributed by atoms with van der Waals surface area (Å²) in [6.45, 7) is 2.03. The van der Waals surface area contributed by atoms with Crippen LogP contribution < -0.4 is 4.74 Å². The highest BCUT2D eigenvalue weighted by Gasteiger charge is 2.12. The monoisotopic (exact) mass is 246 g/mol. The lowest BCUT2D eigenvalue weighted by atomic mass is 10.0. The number of phenolic OH excluding ortho intramolecular Hbond substituents is 1. The van der Waals surface area contributed by atoms with Gasteiger partial charge in [-0.05, 0) is 25.1 Å². The maximum absolute atomic E-state index is 11.7. The van der Waals surface area contributed by atoms with E-state index in [0.717, 1.165) is 0 Å². The zero-order chi connectivity index (χ0) is 13.1. The zero-order valence-corrected chi connectivity index (χ0v) is 10.3. The number of esters is 1. The molecule has 4 heteroatoms. The van der Waals surface area contributed by atoms with Crippen LogP contribution in [0.4, 0.5) is 0 Å². The first kappa shape index (κ1) is 12.2. The Morgan fingerprint density at radius 1 is 1.28 bits per heavy atom. The Morgan fingerprint density at radius 2 is 2.06 bits per heavy atom. The van der Waals surface area contributed by atoms with Gasteiger partial charge in [-0.2, -0.15) is 0 Å². The molecule has 0 fully saturated rings. The van der Waals surface area contributed by atoms with E-state index in [0.29, 0.717) is 28.7 Å². The van der Waals surface area contributed by atoms with Crippen molar-refractivity contribution in [3.05, 3.63) is 35.9 Å². The summed E-state index contributed by atoms with van der Waals surface area (Å²) < 4.78 is 10.1. The molecule has 0 bridgehead atoms. The van der Waals surface area contributed by atoms with Gasteiger partial charge >= 0.3 is 5.97 Å². The lowest BCUT2D eigenvalue weighted by Gasteiger charge is -2.09. The molecular formula is C14H14O4. The second-order valence-corrected chi connectivity index (χ2v) is 3.77. The predicted molar refractivity (Wildman–Crippen MR) is 68.1 cm³/mol. The van der Waals surface area contributed by atoms with Crippen molar-refractivity contribution in [1.29, 1.82) is 0 Å². The lowest BCUT2D eigenvalue weighted by molar-refractivity contribution is 0.0526. The molecule has 1 N–H and O–H groups in total. The quantitative estimate of drug-likeness (QED) is 0.846. The zero-order valence-electron chi connectivity index (χ0n) is 10.3. The minimum absolute atomic E-state index is 0.0365. The summed E-state index contributed by atoms with van der Waals surface area (Å²) in [7, 11) is 1.54. The van der Waals surface area contributed by atoms with E-state index in [1.165, 1.54) is 6.07 Å². The number of phenols is 1. The highest BCUT2D eigenvalue weighted by atomic mass is 16.5. The van der Waals surface area contributed by atoms with Crippen molar-refractivity contribution in [2.24, 2.45) is 0 Å². The summed E-state index contributed by atoms with van der Waals surface area (Å²) in [4.78, 5) is 11.7. The molecule has 0 aliphatic rings. The standard InChI is InChI=1S/C14H14O4/c1-3-18-14(16)9-7-11-10(12(15)8-9)5-4-6-13(11)17-2/h4-8,15H,3H2,1-2H3. The van der Waals surface area contributed by atoms with Crippen molar-refractivity contribution in [2.45, 2.75) is 6.92 Å². The Morgan fingerprint density at radius 3 is 2.72 bits per heavy atom. The van der Waals surface area contributed by atoms with Gasteiger partial charge in [0.2, 0.25) is 0 Å². The van der Waals surface area contributed by atoms with Crippen molar-refractivity contribution in [3.8, 4) is 11.5 Å². The summed E-state index contributed by atoms with van der Waals surface area (Å²) >= 11 is 0. The van der Waals surface area contributed by atoms with Crippen LogP contribution in [-0.4, -0.2) is 24.8 Å². The van der Waals surface area contributed by atoms with Crippen LogP contribution in [0.2, 0.25) is 0 Å². The van der Waals surface area contributed by atoms with E-state index < -0.39 is 5.97 Å². The average Bonchev–Trinajstić information content (AvgIpc) is 2.38. The third-order valence-corrected chi connectivity index (χ3v) is 2.67. The van der Waals surface area contributed by atoms with Crippen LogP contribution in [0.5, 0.6) is 11.5 Å². The first-order valence-electron chi connectivity index (χ1n) is 5.64. The summed E-state index contributed by atoms with van der Waals surface area (Å²) in [5.41, 5.74) is 0.311. The third-order valence-electron chi connectivity index (χ3n) is 2.67. The molecular weight excluding hydrogens is 232 g/mol. The second-order valence-electron chi connectivity index (χ2n) is 3.77. The fraction of sp³-hybridized carbons (Fsp3) is 0.214. The number of ether oxygens (including phenoxy) is 2. The van der Waals surface area contributed by atoms with Crippen LogP contribution in [0.25, 0.3) is 10.8 Å². The minimum atomic E-state index is -0.458. The van der Waals surface area contributed by atoms with E-state index in [2.05, 4.69) is 0 Å². The van der Waals surface area contributed by atoms with Gasteiger partial charge in [-0.3, -0.25) is 0 Å². The Labute approximate surface area is 105 Å². The van der Waals surface area contributed by atoms with E-state index in [4.69, 9.17) is 9.47 Å². The first-order valence-corrected chi connectivity index (χ1v) is 5.64. The van der Waals surface area contributed by atoms with Gasteiger partial charge in [-0.1, -0.05) is 12.1 Å². The summed E-state index contributed by atoms with van der Waals surface area (Å²) in [5.74, 6) is 0.184. The molecule has 2 aromatic carbocycles. The van der Waals surface area contributed by atoms with Crippen molar-refractivity contribution in [1.82, 2.24) is 0 Å². The fourth-order valence-electron chi connectivity index (χ4n) is 1.85. The smallest absolute Gasteiger partial charge is 0.338 e. The third kappa shape index (κ3) is 2.09. The molecule has 0 saturated heterocycles. The average molecular weight is 246 g/mol. The normalized spacial score (nSPS) is 10.3. The number of hydrogen-bond acceptors (Lipinski definition) is 4. The van der Waals surface area contributed by atoms with E-state index in [9.17, 15) is 9.90 Å². The topological polar surface area (TPSA) is 55.8 Å². The highest BCUT2D eigenvalue weighted by molar-refractivity contribution is 6.00. The van der Waals surface area contributed by atoms with Crippen molar-refractivity contribution in [2.75, 3.05) is 13.7 Å². The van der Waals surface area contributed by atoms with Gasteiger partial charge in [0.1, 0.15) is 11.5 Å². The van der Waals surface area contributed by atoms with Crippen LogP contribution in [0.3, 0.4) is 0 Å². The molecule has 0 heterocycles. The molecule has 4 nitrogen and oxygen atoms in total. The molecule has 0 amide bonds. The number of carbonyl (C=O) groups excluding carboxylic acids is 1. The Balaban J connectivity index is 2.63. The lowest BCUT2D eigenvalue weighted by Crippen LogP contribution is -2.04. The summed E-state index contributed by atoms with van der Waals surface area (Å²) in [5, 5.41) is 11.3. The van der Waals surface area contributed by atoms with Gasteiger partial charge in [0.15, 0.2) is 0 Å². The van der Waals surface area contributed by atoms with Crippen LogP contribution >= 0.6 is 0 Å². The van der Waals surface area contributed by atoms with E-state index in [-0.39, 0.29) is 5.75 Å². The van der Waals surface area contributed by atoms with E-state index in [1.807, 2.05) is 0 Å².